The Hall–Kier alpha value is -8.34. The molecule has 2 aliphatic rings. The smallest absolute Gasteiger partial charge is 0.164 e. The molecule has 0 N–H and O–H groups in total. The lowest BCUT2D eigenvalue weighted by molar-refractivity contribution is 0.783. The molecule has 0 aliphatic heterocycles. The van der Waals surface area contributed by atoms with E-state index in [-0.39, 0.29) is 0 Å². The van der Waals surface area contributed by atoms with Crippen LogP contribution in [0.15, 0.2) is 219 Å². The molecule has 0 amide bonds. The van der Waals surface area contributed by atoms with Gasteiger partial charge in [0.25, 0.3) is 0 Å². The molecule has 2 aromatic heterocycles. The van der Waals surface area contributed by atoms with Crippen LogP contribution in [0.2, 0.25) is 0 Å². The van der Waals surface area contributed by atoms with Crippen molar-refractivity contribution in [3.63, 3.8) is 0 Å². The highest BCUT2D eigenvalue weighted by Gasteiger charge is 2.51. The molecule has 0 radical (unpaired) electrons. The van der Waals surface area contributed by atoms with Gasteiger partial charge in [-0.05, 0) is 100 Å². The molecule has 13 rings (SSSR count). The van der Waals surface area contributed by atoms with Crippen molar-refractivity contribution in [3.8, 4) is 78.7 Å². The van der Waals surface area contributed by atoms with Crippen LogP contribution >= 0.6 is 0 Å². The number of hydrogen-bond donors (Lipinski definition) is 0. The molecule has 11 aromatic rings. The summed E-state index contributed by atoms with van der Waals surface area (Å²) in [6.07, 6.45) is 3.68. The van der Waals surface area contributed by atoms with Crippen molar-refractivity contribution >= 4 is 21.5 Å². The van der Waals surface area contributed by atoms with Crippen molar-refractivity contribution in [1.82, 2.24) is 19.9 Å². The fourth-order valence-electron chi connectivity index (χ4n) is 10.6. The Kier molecular flexibility index (Phi) is 7.79. The van der Waals surface area contributed by atoms with E-state index in [2.05, 4.69) is 187 Å². The minimum atomic E-state index is -0.712. The van der Waals surface area contributed by atoms with Crippen LogP contribution < -0.4 is 0 Å². The van der Waals surface area contributed by atoms with Crippen LogP contribution in [0.4, 0.5) is 0 Å². The van der Waals surface area contributed by atoms with E-state index >= 15 is 0 Å². The van der Waals surface area contributed by atoms with Gasteiger partial charge in [-0.25, -0.2) is 15.0 Å². The van der Waals surface area contributed by atoms with E-state index in [0.717, 1.165) is 27.8 Å². The number of aromatic nitrogens is 4. The highest BCUT2D eigenvalue weighted by Crippen LogP contribution is 2.64. The fraction of sp³-hybridized carbons (Fsp3) is 0.0169. The number of hydrogen-bond acceptors (Lipinski definition) is 4. The van der Waals surface area contributed by atoms with E-state index in [1.165, 1.54) is 77.2 Å². The average molecular weight is 801 g/mol. The summed E-state index contributed by atoms with van der Waals surface area (Å²) < 4.78 is 0. The van der Waals surface area contributed by atoms with Crippen molar-refractivity contribution in [2.75, 3.05) is 0 Å². The molecule has 0 fully saturated rings. The molecular formula is C59H36N4. The first kappa shape index (κ1) is 35.4. The summed E-state index contributed by atoms with van der Waals surface area (Å²) in [5.74, 6) is 1.86. The van der Waals surface area contributed by atoms with Gasteiger partial charge in [0, 0.05) is 29.1 Å². The van der Waals surface area contributed by atoms with Crippen molar-refractivity contribution in [1.29, 1.82) is 0 Å². The van der Waals surface area contributed by atoms with Crippen LogP contribution in [-0.2, 0) is 5.41 Å². The molecule has 1 atom stereocenters. The summed E-state index contributed by atoms with van der Waals surface area (Å²) in [6, 6.07) is 74.6. The predicted molar refractivity (Wildman–Crippen MR) is 256 cm³/mol. The quantitative estimate of drug-likeness (QED) is 0.166. The SMILES string of the molecule is c1ccc(-c2nc(-c3ccc(-c4cccnc4)cc3)nc(-c3ccc4c(c3)C3(c5ccccc5-c5ccccc5-4)c4ccccc4-c4c3c3ccccc3c3ccccc43)n2)cc1. The summed E-state index contributed by atoms with van der Waals surface area (Å²) in [5.41, 5.74) is 16.6. The van der Waals surface area contributed by atoms with Gasteiger partial charge in [0.15, 0.2) is 17.5 Å². The lowest BCUT2D eigenvalue weighted by Gasteiger charge is -2.36. The summed E-state index contributed by atoms with van der Waals surface area (Å²) in [5, 5.41) is 5.03. The van der Waals surface area contributed by atoms with Crippen LogP contribution in [0.3, 0.4) is 0 Å². The Labute approximate surface area is 364 Å². The zero-order valence-electron chi connectivity index (χ0n) is 34.1. The van der Waals surface area contributed by atoms with E-state index < -0.39 is 5.41 Å². The molecular weight excluding hydrogens is 765 g/mol. The third-order valence-electron chi connectivity index (χ3n) is 13.2. The summed E-state index contributed by atoms with van der Waals surface area (Å²) >= 11 is 0. The van der Waals surface area contributed by atoms with Gasteiger partial charge < -0.3 is 0 Å². The molecule has 1 unspecified atom stereocenters. The van der Waals surface area contributed by atoms with Crippen molar-refractivity contribution in [2.24, 2.45) is 0 Å². The maximum atomic E-state index is 5.32. The maximum Gasteiger partial charge on any atom is 0.164 e. The standard InChI is InChI=1S/C59H36N4/c1-2-15-38(16-3-1)56-61-57(39-30-28-37(29-31-39)41-17-14-34-60-36-41)63-58(62-56)40-32-33-47-43-19-5-4-18-42(43)46-22-10-12-26-51(46)59(53(47)35-40)52-27-13-11-25-50(52)54-48-23-8-6-20-44(48)45-21-7-9-24-49(45)55(54)59/h1-36H. The number of pyridine rings is 1. The molecule has 4 heteroatoms. The van der Waals surface area contributed by atoms with Crippen LogP contribution in [0.5, 0.6) is 0 Å². The number of fused-ring (bicyclic) bond motifs is 17. The highest BCUT2D eigenvalue weighted by molar-refractivity contribution is 6.19. The normalized spacial score (nSPS) is 14.4. The first-order valence-electron chi connectivity index (χ1n) is 21.5. The second kappa shape index (κ2) is 13.8. The highest BCUT2D eigenvalue weighted by atomic mass is 15.0. The Morgan fingerprint density at radius 1 is 0.302 bits per heavy atom. The number of rotatable bonds is 4. The molecule has 0 saturated carbocycles. The summed E-state index contributed by atoms with van der Waals surface area (Å²) in [4.78, 5) is 20.1. The third-order valence-corrected chi connectivity index (χ3v) is 13.2. The van der Waals surface area contributed by atoms with E-state index in [1.54, 1.807) is 6.20 Å². The van der Waals surface area contributed by atoms with Crippen LogP contribution in [0.25, 0.3) is 100 Å². The minimum Gasteiger partial charge on any atom is -0.264 e. The number of nitrogens with zero attached hydrogens (tertiary/aromatic N) is 4. The van der Waals surface area contributed by atoms with Gasteiger partial charge >= 0.3 is 0 Å². The zero-order valence-corrected chi connectivity index (χ0v) is 34.1. The second-order valence-corrected chi connectivity index (χ2v) is 16.5. The Bertz CT molecular complexity index is 3620. The summed E-state index contributed by atoms with van der Waals surface area (Å²) in [6.45, 7) is 0. The van der Waals surface area contributed by atoms with Crippen LogP contribution in [0, 0.1) is 0 Å². The molecule has 1 spiro atoms. The number of benzene rings is 9. The summed E-state index contributed by atoms with van der Waals surface area (Å²) in [7, 11) is 0. The van der Waals surface area contributed by atoms with E-state index in [9.17, 15) is 0 Å². The Morgan fingerprint density at radius 3 is 1.46 bits per heavy atom. The average Bonchev–Trinajstić information content (AvgIpc) is 3.63. The third kappa shape index (κ3) is 5.22. The molecule has 0 bridgehead atoms. The van der Waals surface area contributed by atoms with Crippen LogP contribution in [-0.4, -0.2) is 19.9 Å². The largest absolute Gasteiger partial charge is 0.264 e. The van der Waals surface area contributed by atoms with Gasteiger partial charge in [0.05, 0.1) is 5.41 Å². The molecule has 0 saturated heterocycles. The molecule has 2 heterocycles. The Balaban J connectivity index is 1.14. The van der Waals surface area contributed by atoms with Gasteiger partial charge in [0.2, 0.25) is 0 Å². The van der Waals surface area contributed by atoms with Crippen molar-refractivity contribution in [3.05, 3.63) is 241 Å². The zero-order chi connectivity index (χ0) is 41.5. The van der Waals surface area contributed by atoms with Gasteiger partial charge in [-0.1, -0.05) is 194 Å². The first-order chi connectivity index (χ1) is 31.3. The van der Waals surface area contributed by atoms with Crippen molar-refractivity contribution < 1.29 is 0 Å². The predicted octanol–water partition coefficient (Wildman–Crippen LogP) is 14.3. The first-order valence-corrected chi connectivity index (χ1v) is 21.5. The van der Waals surface area contributed by atoms with E-state index in [4.69, 9.17) is 15.0 Å². The van der Waals surface area contributed by atoms with E-state index in [0.29, 0.717) is 17.5 Å². The minimum absolute atomic E-state index is 0.617. The fourth-order valence-corrected chi connectivity index (χ4v) is 10.6. The van der Waals surface area contributed by atoms with Gasteiger partial charge in [0.1, 0.15) is 0 Å². The molecule has 292 valence electrons. The lowest BCUT2D eigenvalue weighted by Crippen LogP contribution is -2.29. The van der Waals surface area contributed by atoms with Gasteiger partial charge in [-0.3, -0.25) is 4.98 Å². The van der Waals surface area contributed by atoms with Crippen LogP contribution in [0.1, 0.15) is 22.3 Å². The van der Waals surface area contributed by atoms with E-state index in [1.807, 2.05) is 30.5 Å². The molecule has 4 nitrogen and oxygen atoms in total. The monoisotopic (exact) mass is 800 g/mol. The molecule has 2 aliphatic carbocycles. The van der Waals surface area contributed by atoms with Crippen molar-refractivity contribution in [2.45, 2.75) is 5.41 Å². The second-order valence-electron chi connectivity index (χ2n) is 16.5. The van der Waals surface area contributed by atoms with Gasteiger partial charge in [-0.15, -0.1) is 0 Å². The Morgan fingerprint density at radius 2 is 0.778 bits per heavy atom. The maximum absolute atomic E-state index is 5.32. The lowest BCUT2D eigenvalue weighted by atomic mass is 9.64. The van der Waals surface area contributed by atoms with Gasteiger partial charge in [-0.2, -0.15) is 0 Å². The molecule has 9 aromatic carbocycles. The molecule has 63 heavy (non-hydrogen) atoms. The topological polar surface area (TPSA) is 51.6 Å².